The molecule has 3 heteroatoms. The van der Waals surface area contributed by atoms with Crippen molar-refractivity contribution in [2.45, 2.75) is 31.8 Å². The van der Waals surface area contributed by atoms with E-state index in [0.29, 0.717) is 11.8 Å². The topological polar surface area (TPSA) is 32.3 Å². The van der Waals surface area contributed by atoms with Crippen LogP contribution in [0, 0.1) is 5.92 Å². The summed E-state index contributed by atoms with van der Waals surface area (Å²) in [6, 6.07) is 12.6. The standard InChI is InChI=1S/C16H19NOS/c1-11(13-4-2-5-14(18)10-13)17-16(12-7-8-12)15-6-3-9-19-15/h2-6,9-12,16-18H,7-8H2,1H3. The molecule has 2 atom stereocenters. The molecule has 1 aromatic carbocycles. The van der Waals surface area contributed by atoms with E-state index in [1.54, 1.807) is 6.07 Å². The first kappa shape index (κ1) is 12.7. The van der Waals surface area contributed by atoms with Gasteiger partial charge in [0.25, 0.3) is 0 Å². The van der Waals surface area contributed by atoms with Crippen LogP contribution in [0.2, 0.25) is 0 Å². The lowest BCUT2D eigenvalue weighted by atomic mass is 10.0. The maximum atomic E-state index is 9.58. The van der Waals surface area contributed by atoms with Crippen molar-refractivity contribution in [2.75, 3.05) is 0 Å². The van der Waals surface area contributed by atoms with Crippen LogP contribution in [0.25, 0.3) is 0 Å². The second-order valence-corrected chi connectivity index (χ2v) is 6.29. The molecule has 19 heavy (non-hydrogen) atoms. The number of benzene rings is 1. The number of aromatic hydroxyl groups is 1. The number of phenols is 1. The van der Waals surface area contributed by atoms with Gasteiger partial charge in [0.05, 0.1) is 0 Å². The summed E-state index contributed by atoms with van der Waals surface area (Å²) in [5.41, 5.74) is 1.14. The molecule has 100 valence electrons. The molecule has 2 unspecified atom stereocenters. The van der Waals surface area contributed by atoms with Crippen molar-refractivity contribution in [3.05, 3.63) is 52.2 Å². The number of rotatable bonds is 5. The number of nitrogens with one attached hydrogen (secondary N) is 1. The molecule has 3 rings (SSSR count). The minimum absolute atomic E-state index is 0.250. The van der Waals surface area contributed by atoms with Gasteiger partial charge in [-0.3, -0.25) is 0 Å². The molecular formula is C16H19NOS. The largest absolute Gasteiger partial charge is 0.508 e. The molecule has 1 heterocycles. The second-order valence-electron chi connectivity index (χ2n) is 5.31. The van der Waals surface area contributed by atoms with E-state index in [4.69, 9.17) is 0 Å². The van der Waals surface area contributed by atoms with E-state index < -0.39 is 0 Å². The Morgan fingerprint density at radius 1 is 1.26 bits per heavy atom. The highest BCUT2D eigenvalue weighted by atomic mass is 32.1. The minimum Gasteiger partial charge on any atom is -0.508 e. The Balaban J connectivity index is 1.75. The summed E-state index contributed by atoms with van der Waals surface area (Å²) < 4.78 is 0. The first-order valence-electron chi connectivity index (χ1n) is 6.82. The molecule has 1 saturated carbocycles. The molecule has 1 aliphatic rings. The van der Waals surface area contributed by atoms with Gasteiger partial charge in [0.1, 0.15) is 5.75 Å². The average molecular weight is 273 g/mol. The fourth-order valence-electron chi connectivity index (χ4n) is 2.51. The predicted octanol–water partition coefficient (Wildman–Crippen LogP) is 4.26. The third-order valence-corrected chi connectivity index (χ3v) is 4.70. The van der Waals surface area contributed by atoms with Crippen LogP contribution in [0.3, 0.4) is 0 Å². The minimum atomic E-state index is 0.250. The molecule has 0 amide bonds. The van der Waals surface area contributed by atoms with Gasteiger partial charge in [0.2, 0.25) is 0 Å². The number of phenolic OH excluding ortho intramolecular Hbond substituents is 1. The van der Waals surface area contributed by atoms with Crippen molar-refractivity contribution in [1.29, 1.82) is 0 Å². The summed E-state index contributed by atoms with van der Waals surface area (Å²) in [5, 5.41) is 15.4. The van der Waals surface area contributed by atoms with Gasteiger partial charge in [0, 0.05) is 17.0 Å². The van der Waals surface area contributed by atoms with Crippen molar-refractivity contribution in [1.82, 2.24) is 5.32 Å². The first-order valence-corrected chi connectivity index (χ1v) is 7.70. The molecule has 0 aliphatic heterocycles. The van der Waals surface area contributed by atoms with Crippen LogP contribution in [-0.4, -0.2) is 5.11 Å². The molecule has 2 aromatic rings. The van der Waals surface area contributed by atoms with Gasteiger partial charge in [-0.15, -0.1) is 11.3 Å². The maximum absolute atomic E-state index is 9.58. The fourth-order valence-corrected chi connectivity index (χ4v) is 3.39. The van der Waals surface area contributed by atoms with Crippen molar-refractivity contribution >= 4 is 11.3 Å². The molecule has 0 bridgehead atoms. The molecule has 0 spiro atoms. The predicted molar refractivity (Wildman–Crippen MR) is 79.4 cm³/mol. The van der Waals surface area contributed by atoms with Crippen LogP contribution >= 0.6 is 11.3 Å². The van der Waals surface area contributed by atoms with Gasteiger partial charge in [-0.2, -0.15) is 0 Å². The Hall–Kier alpha value is -1.32. The van der Waals surface area contributed by atoms with E-state index in [9.17, 15) is 5.11 Å². The summed E-state index contributed by atoms with van der Waals surface area (Å²) >= 11 is 1.83. The van der Waals surface area contributed by atoms with Crippen molar-refractivity contribution in [3.63, 3.8) is 0 Å². The van der Waals surface area contributed by atoms with E-state index >= 15 is 0 Å². The molecule has 1 fully saturated rings. The Bertz CT molecular complexity index is 533. The van der Waals surface area contributed by atoms with Gasteiger partial charge in [-0.05, 0) is 54.8 Å². The Morgan fingerprint density at radius 3 is 2.74 bits per heavy atom. The summed E-state index contributed by atoms with van der Waals surface area (Å²) in [6.45, 7) is 2.16. The van der Waals surface area contributed by atoms with Crippen LogP contribution in [0.4, 0.5) is 0 Å². The third kappa shape index (κ3) is 2.99. The summed E-state index contributed by atoms with van der Waals surface area (Å²) in [7, 11) is 0. The Kier molecular flexibility index (Phi) is 3.58. The van der Waals surface area contributed by atoms with Crippen LogP contribution in [0.15, 0.2) is 41.8 Å². The quantitative estimate of drug-likeness (QED) is 0.853. The zero-order chi connectivity index (χ0) is 13.2. The lowest BCUT2D eigenvalue weighted by molar-refractivity contribution is 0.429. The molecule has 0 saturated heterocycles. The molecule has 2 N–H and O–H groups in total. The molecule has 0 radical (unpaired) electrons. The molecule has 1 aromatic heterocycles. The van der Waals surface area contributed by atoms with Gasteiger partial charge in [0.15, 0.2) is 0 Å². The smallest absolute Gasteiger partial charge is 0.115 e. The Labute approximate surface area is 118 Å². The monoisotopic (exact) mass is 273 g/mol. The third-order valence-electron chi connectivity index (χ3n) is 3.74. The lowest BCUT2D eigenvalue weighted by Gasteiger charge is -2.23. The van der Waals surface area contributed by atoms with E-state index in [1.807, 2.05) is 23.5 Å². The Morgan fingerprint density at radius 2 is 2.11 bits per heavy atom. The summed E-state index contributed by atoms with van der Waals surface area (Å²) in [5.74, 6) is 1.11. The van der Waals surface area contributed by atoms with Crippen LogP contribution in [-0.2, 0) is 0 Å². The van der Waals surface area contributed by atoms with Gasteiger partial charge >= 0.3 is 0 Å². The lowest BCUT2D eigenvalue weighted by Crippen LogP contribution is -2.25. The molecular weight excluding hydrogens is 254 g/mol. The highest BCUT2D eigenvalue weighted by Crippen LogP contribution is 2.43. The van der Waals surface area contributed by atoms with Crippen molar-refractivity contribution < 1.29 is 5.11 Å². The zero-order valence-electron chi connectivity index (χ0n) is 11.0. The second kappa shape index (κ2) is 5.35. The van der Waals surface area contributed by atoms with E-state index in [-0.39, 0.29) is 6.04 Å². The first-order chi connectivity index (χ1) is 9.24. The number of hydrogen-bond donors (Lipinski definition) is 2. The highest BCUT2D eigenvalue weighted by molar-refractivity contribution is 7.10. The normalized spacial score (nSPS) is 18.2. The van der Waals surface area contributed by atoms with Crippen LogP contribution in [0.5, 0.6) is 5.75 Å². The SMILES string of the molecule is CC(NC(c1cccs1)C1CC1)c1cccc(O)c1. The molecule has 2 nitrogen and oxygen atoms in total. The van der Waals surface area contributed by atoms with E-state index in [1.165, 1.54) is 17.7 Å². The van der Waals surface area contributed by atoms with Gasteiger partial charge in [-0.25, -0.2) is 0 Å². The van der Waals surface area contributed by atoms with E-state index in [2.05, 4.69) is 35.8 Å². The van der Waals surface area contributed by atoms with Gasteiger partial charge < -0.3 is 10.4 Å². The maximum Gasteiger partial charge on any atom is 0.115 e. The van der Waals surface area contributed by atoms with Crippen LogP contribution < -0.4 is 5.32 Å². The fraction of sp³-hybridized carbons (Fsp3) is 0.375. The number of thiophene rings is 1. The van der Waals surface area contributed by atoms with Crippen LogP contribution in [0.1, 0.15) is 42.3 Å². The highest BCUT2D eigenvalue weighted by Gasteiger charge is 2.33. The summed E-state index contributed by atoms with van der Waals surface area (Å²) in [4.78, 5) is 1.43. The summed E-state index contributed by atoms with van der Waals surface area (Å²) in [6.07, 6.45) is 2.64. The van der Waals surface area contributed by atoms with Crippen molar-refractivity contribution in [3.8, 4) is 5.75 Å². The zero-order valence-corrected chi connectivity index (χ0v) is 11.9. The van der Waals surface area contributed by atoms with Gasteiger partial charge in [-0.1, -0.05) is 18.2 Å². The van der Waals surface area contributed by atoms with E-state index in [0.717, 1.165) is 11.5 Å². The van der Waals surface area contributed by atoms with Crippen molar-refractivity contribution in [2.24, 2.45) is 5.92 Å². The molecule has 1 aliphatic carbocycles. The average Bonchev–Trinajstić information content (AvgIpc) is 3.10. The number of hydrogen-bond acceptors (Lipinski definition) is 3.